The number of carbonyl (C=O) groups excluding carboxylic acids is 2. The highest BCUT2D eigenvalue weighted by Crippen LogP contribution is 2.01. The molecule has 0 saturated heterocycles. The molecule has 1 heterocycles. The first kappa shape index (κ1) is 14.8. The lowest BCUT2D eigenvalue weighted by Gasteiger charge is -2.05. The summed E-state index contributed by atoms with van der Waals surface area (Å²) in [5.41, 5.74) is 0.454. The summed E-state index contributed by atoms with van der Waals surface area (Å²) in [6.45, 7) is -0.160. The van der Waals surface area contributed by atoms with E-state index in [1.807, 2.05) is 0 Å². The largest absolute Gasteiger partial charge is 0.464 e. The molecular weight excluding hydrogens is 250 g/mol. The molecule has 0 spiro atoms. The Kier molecular flexibility index (Phi) is 6.17. The summed E-state index contributed by atoms with van der Waals surface area (Å²) in [5.74, 6) is -1.31. The van der Waals surface area contributed by atoms with Gasteiger partial charge < -0.3 is 14.8 Å². The molecule has 7 nitrogen and oxygen atoms in total. The van der Waals surface area contributed by atoms with Crippen LogP contribution in [0.4, 0.5) is 5.69 Å². The van der Waals surface area contributed by atoms with Gasteiger partial charge in [-0.05, 0) is 12.1 Å². The minimum absolute atomic E-state index is 0.0611. The van der Waals surface area contributed by atoms with E-state index in [9.17, 15) is 9.59 Å². The van der Waals surface area contributed by atoms with E-state index in [-0.39, 0.29) is 19.0 Å². The summed E-state index contributed by atoms with van der Waals surface area (Å²) in [5, 5.41) is 2.90. The highest BCUT2D eigenvalue weighted by molar-refractivity contribution is 6.64. The van der Waals surface area contributed by atoms with Crippen LogP contribution in [-0.4, -0.2) is 49.9 Å². The molecule has 0 aliphatic rings. The number of Topliss-reactive ketones (excluding diaryl/α,β-unsaturated/α-hetero) is 1. The second kappa shape index (κ2) is 7.93. The fourth-order valence-electron chi connectivity index (χ4n) is 1.24. The van der Waals surface area contributed by atoms with Gasteiger partial charge in [-0.25, -0.2) is 4.79 Å². The van der Waals surface area contributed by atoms with Gasteiger partial charge in [-0.3, -0.25) is 14.8 Å². The maximum atomic E-state index is 11.6. The lowest BCUT2D eigenvalue weighted by Crippen LogP contribution is -2.29. The Morgan fingerprint density at radius 1 is 1.42 bits per heavy atom. The van der Waals surface area contributed by atoms with Crippen LogP contribution in [0.3, 0.4) is 0 Å². The molecule has 1 rings (SSSR count). The Hall–Kier alpha value is -2.28. The highest BCUT2D eigenvalue weighted by atomic mass is 16.5. The Bertz CT molecular complexity index is 459. The number of methoxy groups -OCH3 is 2. The quantitative estimate of drug-likeness (QED) is 0.432. The minimum Gasteiger partial charge on any atom is -0.464 e. The molecule has 7 heteroatoms. The Labute approximate surface area is 110 Å². The molecular formula is C12H15N3O4. The van der Waals surface area contributed by atoms with Gasteiger partial charge in [-0.1, -0.05) is 0 Å². The van der Waals surface area contributed by atoms with Crippen molar-refractivity contribution in [1.29, 1.82) is 0 Å². The molecule has 0 aromatic carbocycles. The third-order valence-electron chi connectivity index (χ3n) is 2.10. The van der Waals surface area contributed by atoms with E-state index in [2.05, 4.69) is 24.8 Å². The van der Waals surface area contributed by atoms with Gasteiger partial charge in [0.05, 0.1) is 12.8 Å². The zero-order valence-electron chi connectivity index (χ0n) is 10.8. The monoisotopic (exact) mass is 265 g/mol. The fraction of sp³-hybridized carbons (Fsp3) is 0.333. The number of ketones is 1. The first-order valence-electron chi connectivity index (χ1n) is 5.47. The lowest BCUT2D eigenvalue weighted by molar-refractivity contribution is -0.133. The third-order valence-corrected chi connectivity index (χ3v) is 2.10. The van der Waals surface area contributed by atoms with Crippen molar-refractivity contribution in [2.24, 2.45) is 4.99 Å². The van der Waals surface area contributed by atoms with Crippen molar-refractivity contribution in [3.8, 4) is 0 Å². The predicted octanol–water partition coefficient (Wildman–Crippen LogP) is 0.280. The van der Waals surface area contributed by atoms with Crippen molar-refractivity contribution in [3.63, 3.8) is 0 Å². The normalized spacial score (nSPS) is 10.9. The predicted molar refractivity (Wildman–Crippen MR) is 69.1 cm³/mol. The molecule has 0 amide bonds. The van der Waals surface area contributed by atoms with Crippen LogP contribution < -0.4 is 5.32 Å². The highest BCUT2D eigenvalue weighted by Gasteiger charge is 2.20. The first-order valence-corrected chi connectivity index (χ1v) is 5.47. The van der Waals surface area contributed by atoms with Crippen molar-refractivity contribution in [2.75, 3.05) is 32.8 Å². The maximum Gasteiger partial charge on any atom is 0.360 e. The third kappa shape index (κ3) is 4.84. The number of anilines is 1. The molecule has 0 bridgehead atoms. The van der Waals surface area contributed by atoms with Crippen LogP contribution in [0.15, 0.2) is 29.5 Å². The number of hydrogen-bond acceptors (Lipinski definition) is 7. The van der Waals surface area contributed by atoms with Crippen molar-refractivity contribution >= 4 is 23.2 Å². The van der Waals surface area contributed by atoms with Gasteiger partial charge in [0.25, 0.3) is 0 Å². The molecule has 0 aliphatic heterocycles. The van der Waals surface area contributed by atoms with Crippen molar-refractivity contribution in [2.45, 2.75) is 0 Å². The van der Waals surface area contributed by atoms with E-state index in [0.29, 0.717) is 0 Å². The topological polar surface area (TPSA) is 89.9 Å². The average molecular weight is 265 g/mol. The summed E-state index contributed by atoms with van der Waals surface area (Å²) >= 11 is 0. The Morgan fingerprint density at radius 2 is 2.21 bits per heavy atom. The average Bonchev–Trinajstić information content (AvgIpc) is 2.44. The summed E-state index contributed by atoms with van der Waals surface area (Å²) in [6, 6.07) is 3.54. The van der Waals surface area contributed by atoms with E-state index in [0.717, 1.165) is 5.69 Å². The van der Waals surface area contributed by atoms with E-state index in [1.165, 1.54) is 14.2 Å². The van der Waals surface area contributed by atoms with Crippen LogP contribution in [0.1, 0.15) is 0 Å². The van der Waals surface area contributed by atoms with Gasteiger partial charge >= 0.3 is 5.97 Å². The number of carbonyl (C=O) groups is 2. The van der Waals surface area contributed by atoms with Crippen LogP contribution in [0.25, 0.3) is 0 Å². The summed E-state index contributed by atoms with van der Waals surface area (Å²) in [6.07, 6.45) is 3.24. The van der Waals surface area contributed by atoms with Crippen LogP contribution in [-0.2, 0) is 19.1 Å². The molecule has 1 aromatic heterocycles. The van der Waals surface area contributed by atoms with E-state index in [1.54, 1.807) is 24.5 Å². The van der Waals surface area contributed by atoms with Gasteiger partial charge in [0, 0.05) is 19.5 Å². The van der Waals surface area contributed by atoms with Gasteiger partial charge in [-0.2, -0.15) is 0 Å². The number of nitrogens with one attached hydrogen (secondary N) is 1. The molecule has 0 radical (unpaired) electrons. The number of hydrogen-bond donors (Lipinski definition) is 1. The molecule has 19 heavy (non-hydrogen) atoms. The van der Waals surface area contributed by atoms with E-state index in [4.69, 9.17) is 0 Å². The first-order chi connectivity index (χ1) is 9.19. The smallest absolute Gasteiger partial charge is 0.360 e. The van der Waals surface area contributed by atoms with Crippen LogP contribution in [0.2, 0.25) is 0 Å². The number of pyridine rings is 1. The van der Waals surface area contributed by atoms with Gasteiger partial charge in [0.2, 0.25) is 5.78 Å². The van der Waals surface area contributed by atoms with Crippen molar-refractivity contribution in [1.82, 2.24) is 4.98 Å². The standard InChI is InChI=1S/C12H15N3O4/c1-18-7-10(16)11(12(17)19-2)15-8-14-9-4-3-5-13-6-9/h3-6,14H,7-8H2,1-2H3/b15-11+. The summed E-state index contributed by atoms with van der Waals surface area (Å²) in [4.78, 5) is 30.8. The SMILES string of the molecule is COCC(=O)/C(=N\CNc1cccnc1)C(=O)OC. The van der Waals surface area contributed by atoms with Gasteiger partial charge in [0.15, 0.2) is 5.71 Å². The van der Waals surface area contributed by atoms with Crippen molar-refractivity contribution in [3.05, 3.63) is 24.5 Å². The second-order valence-corrected chi connectivity index (χ2v) is 3.43. The Balaban J connectivity index is 2.67. The molecule has 0 aliphatic carbocycles. The number of aromatic nitrogens is 1. The van der Waals surface area contributed by atoms with Crippen LogP contribution in [0.5, 0.6) is 0 Å². The zero-order valence-corrected chi connectivity index (χ0v) is 10.8. The minimum atomic E-state index is -0.782. The van der Waals surface area contributed by atoms with E-state index >= 15 is 0 Å². The fourth-order valence-corrected chi connectivity index (χ4v) is 1.24. The van der Waals surface area contributed by atoms with Crippen LogP contribution in [0, 0.1) is 0 Å². The van der Waals surface area contributed by atoms with Gasteiger partial charge in [0.1, 0.15) is 13.3 Å². The van der Waals surface area contributed by atoms with Crippen LogP contribution >= 0.6 is 0 Å². The summed E-state index contributed by atoms with van der Waals surface area (Å²) < 4.78 is 9.17. The molecule has 1 N–H and O–H groups in total. The molecule has 0 atom stereocenters. The number of aliphatic imine (C=N–C) groups is 1. The Morgan fingerprint density at radius 3 is 2.79 bits per heavy atom. The molecule has 0 unspecified atom stereocenters. The van der Waals surface area contributed by atoms with Gasteiger partial charge in [-0.15, -0.1) is 0 Å². The lowest BCUT2D eigenvalue weighted by atomic mass is 10.2. The zero-order chi connectivity index (χ0) is 14.1. The maximum absolute atomic E-state index is 11.6. The van der Waals surface area contributed by atoms with E-state index < -0.39 is 11.8 Å². The second-order valence-electron chi connectivity index (χ2n) is 3.43. The number of rotatable bonds is 7. The number of nitrogens with zero attached hydrogens (tertiary/aromatic N) is 2. The molecule has 0 fully saturated rings. The molecule has 0 saturated carbocycles. The number of ether oxygens (including phenoxy) is 2. The summed E-state index contributed by atoms with van der Waals surface area (Å²) in [7, 11) is 2.55. The number of esters is 1. The molecule has 1 aromatic rings. The molecule has 102 valence electrons. The van der Waals surface area contributed by atoms with Crippen molar-refractivity contribution < 1.29 is 19.1 Å².